The zero-order chi connectivity index (χ0) is 21.8. The first-order chi connectivity index (χ1) is 15.8. The van der Waals surface area contributed by atoms with Crippen molar-refractivity contribution in [1.82, 2.24) is 30.0 Å². The van der Waals surface area contributed by atoms with Gasteiger partial charge in [0.05, 0.1) is 18.7 Å². The molecule has 0 saturated carbocycles. The number of benzene rings is 2. The summed E-state index contributed by atoms with van der Waals surface area (Å²) in [5.74, 6) is 0.558. The summed E-state index contributed by atoms with van der Waals surface area (Å²) in [6, 6.07) is 17.2. The highest BCUT2D eigenvalue weighted by atomic mass is 35.5. The quantitative estimate of drug-likeness (QED) is 0.525. The highest BCUT2D eigenvalue weighted by Gasteiger charge is 2.31. The molecule has 2 atom stereocenters. The van der Waals surface area contributed by atoms with Crippen LogP contribution in [0.2, 0.25) is 0 Å². The topological polar surface area (TPSA) is 59.3 Å². The second-order valence-corrected chi connectivity index (χ2v) is 8.61. The Morgan fingerprint density at radius 2 is 1.76 bits per heavy atom. The van der Waals surface area contributed by atoms with Crippen molar-refractivity contribution >= 4 is 12.4 Å². The third-order valence-corrected chi connectivity index (χ3v) is 6.41. The molecule has 2 fully saturated rings. The van der Waals surface area contributed by atoms with Gasteiger partial charge in [0.2, 0.25) is 0 Å². The zero-order valence-corrected chi connectivity index (χ0v) is 19.4. The number of piperazine rings is 1. The molecule has 0 N–H and O–H groups in total. The SMILES string of the molecule is Cl.Fc1ccc(C(c2nnnn2CC2CCCO2)N2CCN(Cc3ccccc3)CC2)cc1. The number of nitrogens with zero attached hydrogens (tertiary/aromatic N) is 6. The summed E-state index contributed by atoms with van der Waals surface area (Å²) in [6.07, 6.45) is 2.25. The summed E-state index contributed by atoms with van der Waals surface area (Å²) in [5, 5.41) is 12.7. The molecule has 9 heteroatoms. The zero-order valence-electron chi connectivity index (χ0n) is 18.6. The molecule has 2 aromatic carbocycles. The van der Waals surface area contributed by atoms with Crippen molar-refractivity contribution in [2.24, 2.45) is 0 Å². The number of hydrogen-bond acceptors (Lipinski definition) is 6. The van der Waals surface area contributed by atoms with Crippen LogP contribution in [-0.4, -0.2) is 68.9 Å². The Morgan fingerprint density at radius 1 is 1.00 bits per heavy atom. The van der Waals surface area contributed by atoms with Crippen molar-refractivity contribution in [3.8, 4) is 0 Å². The Labute approximate surface area is 199 Å². The number of halogens is 2. The van der Waals surface area contributed by atoms with Crippen LogP contribution in [0.4, 0.5) is 4.39 Å². The predicted molar refractivity (Wildman–Crippen MR) is 126 cm³/mol. The van der Waals surface area contributed by atoms with Crippen LogP contribution in [0.25, 0.3) is 0 Å². The van der Waals surface area contributed by atoms with Gasteiger partial charge in [0.15, 0.2) is 5.82 Å². The van der Waals surface area contributed by atoms with E-state index in [4.69, 9.17) is 4.74 Å². The summed E-state index contributed by atoms with van der Waals surface area (Å²) >= 11 is 0. The monoisotopic (exact) mass is 472 g/mol. The predicted octanol–water partition coefficient (Wildman–Crippen LogP) is 3.32. The highest BCUT2D eigenvalue weighted by Crippen LogP contribution is 2.29. The maximum absolute atomic E-state index is 13.7. The molecular weight excluding hydrogens is 443 g/mol. The fourth-order valence-electron chi connectivity index (χ4n) is 4.71. The molecule has 2 unspecified atom stereocenters. The van der Waals surface area contributed by atoms with E-state index < -0.39 is 0 Å². The second kappa shape index (κ2) is 11.2. The van der Waals surface area contributed by atoms with Gasteiger partial charge in [-0.05, 0) is 46.5 Å². The van der Waals surface area contributed by atoms with Crippen LogP contribution in [0.15, 0.2) is 54.6 Å². The van der Waals surface area contributed by atoms with E-state index in [9.17, 15) is 4.39 Å². The van der Waals surface area contributed by atoms with Crippen LogP contribution in [0.5, 0.6) is 0 Å². The maximum Gasteiger partial charge on any atom is 0.173 e. The summed E-state index contributed by atoms with van der Waals surface area (Å²) in [5.41, 5.74) is 2.34. The lowest BCUT2D eigenvalue weighted by Crippen LogP contribution is -2.48. The van der Waals surface area contributed by atoms with Gasteiger partial charge in [0, 0.05) is 39.3 Å². The molecule has 0 aliphatic carbocycles. The standard InChI is InChI=1S/C24H29FN6O.ClH/c25-21-10-8-20(9-11-21)23(24-26-27-28-31(24)18-22-7-4-16-32-22)30-14-12-29(13-15-30)17-19-5-2-1-3-6-19;/h1-3,5-6,8-11,22-23H,4,7,12-18H2;1H. The van der Waals surface area contributed by atoms with Gasteiger partial charge in [-0.15, -0.1) is 17.5 Å². The molecule has 0 bridgehead atoms. The average molecular weight is 473 g/mol. The van der Waals surface area contributed by atoms with Gasteiger partial charge in [0.25, 0.3) is 0 Å². The van der Waals surface area contributed by atoms with E-state index in [2.05, 4.69) is 55.7 Å². The number of hydrogen-bond donors (Lipinski definition) is 0. The lowest BCUT2D eigenvalue weighted by atomic mass is 10.0. The minimum atomic E-state index is -0.237. The third-order valence-electron chi connectivity index (χ3n) is 6.41. The lowest BCUT2D eigenvalue weighted by Gasteiger charge is -2.39. The summed E-state index contributed by atoms with van der Waals surface area (Å²) < 4.78 is 21.3. The van der Waals surface area contributed by atoms with Gasteiger partial charge in [-0.3, -0.25) is 9.80 Å². The summed E-state index contributed by atoms with van der Waals surface area (Å²) in [6.45, 7) is 6.09. The molecule has 176 valence electrons. The van der Waals surface area contributed by atoms with Crippen molar-refractivity contribution < 1.29 is 9.13 Å². The van der Waals surface area contributed by atoms with Crippen LogP contribution in [0.1, 0.15) is 35.8 Å². The van der Waals surface area contributed by atoms with Crippen LogP contribution in [-0.2, 0) is 17.8 Å². The number of tetrazole rings is 1. The molecule has 2 aliphatic rings. The molecule has 1 aromatic heterocycles. The van der Waals surface area contributed by atoms with Crippen LogP contribution >= 0.6 is 12.4 Å². The first-order valence-corrected chi connectivity index (χ1v) is 11.4. The van der Waals surface area contributed by atoms with E-state index >= 15 is 0 Å². The van der Waals surface area contributed by atoms with Gasteiger partial charge >= 0.3 is 0 Å². The Hall–Kier alpha value is -2.39. The fraction of sp³-hybridized carbons (Fsp3) is 0.458. The van der Waals surface area contributed by atoms with E-state index in [-0.39, 0.29) is 30.4 Å². The molecule has 2 aliphatic heterocycles. The molecule has 3 heterocycles. The average Bonchev–Trinajstić information content (AvgIpc) is 3.50. The minimum Gasteiger partial charge on any atom is -0.376 e. The van der Waals surface area contributed by atoms with Crippen molar-refractivity contribution in [2.45, 2.75) is 38.1 Å². The number of ether oxygens (including phenoxy) is 1. The largest absolute Gasteiger partial charge is 0.376 e. The van der Waals surface area contributed by atoms with Gasteiger partial charge in [-0.25, -0.2) is 9.07 Å². The first kappa shape index (κ1) is 23.8. The van der Waals surface area contributed by atoms with Crippen LogP contribution in [0, 0.1) is 5.82 Å². The Bertz CT molecular complexity index is 988. The van der Waals surface area contributed by atoms with Gasteiger partial charge < -0.3 is 4.74 Å². The smallest absolute Gasteiger partial charge is 0.173 e. The van der Waals surface area contributed by atoms with Crippen molar-refractivity contribution in [3.63, 3.8) is 0 Å². The van der Waals surface area contributed by atoms with E-state index in [1.165, 1.54) is 17.7 Å². The first-order valence-electron chi connectivity index (χ1n) is 11.4. The van der Waals surface area contributed by atoms with Crippen molar-refractivity contribution in [3.05, 3.63) is 77.4 Å². The Morgan fingerprint density at radius 3 is 2.45 bits per heavy atom. The van der Waals surface area contributed by atoms with Crippen molar-refractivity contribution in [2.75, 3.05) is 32.8 Å². The van der Waals surface area contributed by atoms with Gasteiger partial charge in [-0.2, -0.15) is 0 Å². The van der Waals surface area contributed by atoms with E-state index in [0.29, 0.717) is 6.54 Å². The lowest BCUT2D eigenvalue weighted by molar-refractivity contribution is 0.0841. The molecule has 3 aromatic rings. The second-order valence-electron chi connectivity index (χ2n) is 8.61. The fourth-order valence-corrected chi connectivity index (χ4v) is 4.71. The van der Waals surface area contributed by atoms with E-state index in [1.807, 2.05) is 16.8 Å². The third kappa shape index (κ3) is 5.76. The van der Waals surface area contributed by atoms with Crippen molar-refractivity contribution in [1.29, 1.82) is 0 Å². The summed E-state index contributed by atoms with van der Waals surface area (Å²) in [4.78, 5) is 4.88. The van der Waals surface area contributed by atoms with E-state index in [0.717, 1.165) is 63.6 Å². The normalized spacial score (nSPS) is 20.5. The molecule has 0 spiro atoms. The maximum atomic E-state index is 13.7. The number of aromatic nitrogens is 4. The molecule has 7 nitrogen and oxygen atoms in total. The van der Waals surface area contributed by atoms with Crippen LogP contribution < -0.4 is 0 Å². The molecule has 0 amide bonds. The summed E-state index contributed by atoms with van der Waals surface area (Å²) in [7, 11) is 0. The molecular formula is C24H30ClFN6O. The van der Waals surface area contributed by atoms with Gasteiger partial charge in [-0.1, -0.05) is 42.5 Å². The molecule has 2 saturated heterocycles. The van der Waals surface area contributed by atoms with Gasteiger partial charge in [0.1, 0.15) is 5.82 Å². The van der Waals surface area contributed by atoms with E-state index in [1.54, 1.807) is 0 Å². The highest BCUT2D eigenvalue weighted by molar-refractivity contribution is 5.85. The number of rotatable bonds is 7. The minimum absolute atomic E-state index is 0. The molecule has 0 radical (unpaired) electrons. The molecule has 5 rings (SSSR count). The Kier molecular flexibility index (Phi) is 8.03. The Balaban J connectivity index is 0.00000259. The molecule has 33 heavy (non-hydrogen) atoms. The van der Waals surface area contributed by atoms with Crippen LogP contribution in [0.3, 0.4) is 0 Å².